The first kappa shape index (κ1) is 14.3. The number of carbonyl (C=O) groups excluding carboxylic acids is 1. The van der Waals surface area contributed by atoms with Crippen molar-refractivity contribution in [2.75, 3.05) is 11.9 Å². The number of aliphatic hydroxyl groups is 1. The normalized spacial score (nSPS) is 9.75. The minimum Gasteiger partial charge on any atom is -0.384 e. The van der Waals surface area contributed by atoms with Gasteiger partial charge in [-0.05, 0) is 54.6 Å². The van der Waals surface area contributed by atoms with Crippen LogP contribution >= 0.6 is 11.3 Å². The summed E-state index contributed by atoms with van der Waals surface area (Å²) in [6, 6.07) is 7.48. The fourth-order valence-electron chi connectivity index (χ4n) is 1.81. The number of nitrogens with one attached hydrogen (secondary N) is 1. The van der Waals surface area contributed by atoms with E-state index in [4.69, 9.17) is 5.11 Å². The van der Waals surface area contributed by atoms with E-state index in [0.29, 0.717) is 0 Å². The van der Waals surface area contributed by atoms with Gasteiger partial charge in [-0.3, -0.25) is 4.79 Å². The molecule has 0 saturated carbocycles. The van der Waals surface area contributed by atoms with Crippen LogP contribution in [0.5, 0.6) is 0 Å². The number of hydrogen-bond acceptors (Lipinski definition) is 3. The molecule has 2 N–H and O–H groups in total. The van der Waals surface area contributed by atoms with E-state index in [2.05, 4.69) is 17.2 Å². The number of amides is 1. The van der Waals surface area contributed by atoms with E-state index in [-0.39, 0.29) is 12.5 Å². The van der Waals surface area contributed by atoms with Gasteiger partial charge in [0.25, 0.3) is 5.91 Å². The average molecular weight is 285 g/mol. The fourth-order valence-corrected chi connectivity index (χ4v) is 2.63. The van der Waals surface area contributed by atoms with Gasteiger partial charge in [0.1, 0.15) is 6.61 Å². The van der Waals surface area contributed by atoms with Gasteiger partial charge >= 0.3 is 0 Å². The molecule has 0 radical (unpaired) electrons. The van der Waals surface area contributed by atoms with E-state index in [1.807, 2.05) is 43.5 Å². The molecule has 0 aliphatic heterocycles. The smallest absolute Gasteiger partial charge is 0.266 e. The number of anilines is 1. The Balaban J connectivity index is 2.18. The SMILES string of the molecule is Cc1cc(C#CCO)ccc1NC(=O)c1sccc1C. The van der Waals surface area contributed by atoms with Crippen LogP contribution in [-0.2, 0) is 0 Å². The molecule has 0 bridgehead atoms. The van der Waals surface area contributed by atoms with Crippen LogP contribution in [0, 0.1) is 25.7 Å². The molecule has 3 nitrogen and oxygen atoms in total. The van der Waals surface area contributed by atoms with Gasteiger partial charge in [0.05, 0.1) is 4.88 Å². The molecule has 0 fully saturated rings. The summed E-state index contributed by atoms with van der Waals surface area (Å²) in [5, 5.41) is 13.5. The maximum Gasteiger partial charge on any atom is 0.266 e. The van der Waals surface area contributed by atoms with E-state index >= 15 is 0 Å². The van der Waals surface area contributed by atoms with Crippen molar-refractivity contribution in [3.63, 3.8) is 0 Å². The van der Waals surface area contributed by atoms with Gasteiger partial charge in [-0.25, -0.2) is 0 Å². The third-order valence-electron chi connectivity index (χ3n) is 2.85. The molecule has 1 amide bonds. The molecule has 1 heterocycles. The second kappa shape index (κ2) is 6.38. The summed E-state index contributed by atoms with van der Waals surface area (Å²) >= 11 is 1.43. The summed E-state index contributed by atoms with van der Waals surface area (Å²) in [6.45, 7) is 3.68. The van der Waals surface area contributed by atoms with E-state index in [9.17, 15) is 4.79 Å². The van der Waals surface area contributed by atoms with Crippen LogP contribution in [0.4, 0.5) is 5.69 Å². The van der Waals surface area contributed by atoms with E-state index < -0.39 is 0 Å². The molecular formula is C16H15NO2S. The van der Waals surface area contributed by atoms with Crippen LogP contribution in [-0.4, -0.2) is 17.6 Å². The third-order valence-corrected chi connectivity index (χ3v) is 3.87. The highest BCUT2D eigenvalue weighted by molar-refractivity contribution is 7.12. The van der Waals surface area contributed by atoms with E-state index in [1.54, 1.807) is 0 Å². The van der Waals surface area contributed by atoms with Crippen molar-refractivity contribution in [2.45, 2.75) is 13.8 Å². The predicted octanol–water partition coefficient (Wildman–Crippen LogP) is 2.96. The third kappa shape index (κ3) is 3.27. The summed E-state index contributed by atoms with van der Waals surface area (Å²) < 4.78 is 0. The second-order valence-electron chi connectivity index (χ2n) is 4.38. The quantitative estimate of drug-likeness (QED) is 0.833. The number of carbonyl (C=O) groups is 1. The Morgan fingerprint density at radius 2 is 2.10 bits per heavy atom. The van der Waals surface area contributed by atoms with Crippen molar-refractivity contribution in [2.24, 2.45) is 0 Å². The fraction of sp³-hybridized carbons (Fsp3) is 0.188. The minimum atomic E-state index is -0.158. The molecule has 0 spiro atoms. The number of benzene rings is 1. The molecule has 2 aromatic rings. The van der Waals surface area contributed by atoms with Gasteiger partial charge in [0.2, 0.25) is 0 Å². The van der Waals surface area contributed by atoms with Gasteiger partial charge in [-0.1, -0.05) is 11.8 Å². The zero-order valence-corrected chi connectivity index (χ0v) is 12.2. The first-order valence-electron chi connectivity index (χ1n) is 6.17. The van der Waals surface area contributed by atoms with Crippen LogP contribution in [0.1, 0.15) is 26.4 Å². The van der Waals surface area contributed by atoms with Crippen molar-refractivity contribution >= 4 is 22.9 Å². The number of thiophene rings is 1. The molecular weight excluding hydrogens is 270 g/mol. The number of aliphatic hydroxyl groups excluding tert-OH is 1. The highest BCUT2D eigenvalue weighted by atomic mass is 32.1. The van der Waals surface area contributed by atoms with Crippen LogP contribution < -0.4 is 5.32 Å². The maximum atomic E-state index is 12.1. The lowest BCUT2D eigenvalue weighted by Gasteiger charge is -2.08. The summed E-state index contributed by atoms with van der Waals surface area (Å²) in [5.41, 5.74) is 3.52. The van der Waals surface area contributed by atoms with Crippen LogP contribution in [0.15, 0.2) is 29.6 Å². The number of aryl methyl sites for hydroxylation is 2. The van der Waals surface area contributed by atoms with E-state index in [0.717, 1.165) is 27.3 Å². The van der Waals surface area contributed by atoms with Crippen molar-refractivity contribution in [3.8, 4) is 11.8 Å². The highest BCUT2D eigenvalue weighted by Crippen LogP contribution is 2.20. The summed E-state index contributed by atoms with van der Waals surface area (Å²) in [5.74, 6) is 5.36. The minimum absolute atomic E-state index is 0.0882. The molecule has 1 aromatic carbocycles. The Morgan fingerprint density at radius 3 is 2.70 bits per heavy atom. The lowest BCUT2D eigenvalue weighted by molar-refractivity contribution is 0.103. The number of hydrogen-bond donors (Lipinski definition) is 2. The molecule has 2 rings (SSSR count). The van der Waals surface area contributed by atoms with Gasteiger partial charge in [0, 0.05) is 11.3 Å². The predicted molar refractivity (Wildman–Crippen MR) is 82.2 cm³/mol. The van der Waals surface area contributed by atoms with Gasteiger partial charge in [-0.15, -0.1) is 11.3 Å². The van der Waals surface area contributed by atoms with Gasteiger partial charge in [0.15, 0.2) is 0 Å². The Bertz CT molecular complexity index is 692. The summed E-state index contributed by atoms with van der Waals surface area (Å²) in [6.07, 6.45) is 0. The molecule has 0 saturated heterocycles. The second-order valence-corrected chi connectivity index (χ2v) is 5.29. The maximum absolute atomic E-state index is 12.1. The Hall–Kier alpha value is -2.09. The molecule has 0 aliphatic carbocycles. The van der Waals surface area contributed by atoms with E-state index in [1.165, 1.54) is 11.3 Å². The van der Waals surface area contributed by atoms with Gasteiger partial charge < -0.3 is 10.4 Å². The standard InChI is InChI=1S/C16H15NO2S/c1-11-7-9-20-15(11)16(19)17-14-6-5-13(4-3-8-18)10-12(14)2/h5-7,9-10,18H,8H2,1-2H3,(H,17,19). The summed E-state index contributed by atoms with van der Waals surface area (Å²) in [4.78, 5) is 12.9. The molecule has 0 unspecified atom stereocenters. The van der Waals surface area contributed by atoms with Crippen molar-refractivity contribution in [1.82, 2.24) is 0 Å². The molecule has 4 heteroatoms. The first-order chi connectivity index (χ1) is 9.61. The van der Waals surface area contributed by atoms with Crippen LogP contribution in [0.25, 0.3) is 0 Å². The van der Waals surface area contributed by atoms with Crippen LogP contribution in [0.3, 0.4) is 0 Å². The topological polar surface area (TPSA) is 49.3 Å². The zero-order valence-electron chi connectivity index (χ0n) is 11.4. The molecule has 102 valence electrons. The number of rotatable bonds is 2. The lowest BCUT2D eigenvalue weighted by atomic mass is 10.1. The molecule has 0 aliphatic rings. The Kier molecular flexibility index (Phi) is 4.57. The van der Waals surface area contributed by atoms with Crippen molar-refractivity contribution < 1.29 is 9.90 Å². The highest BCUT2D eigenvalue weighted by Gasteiger charge is 2.11. The monoisotopic (exact) mass is 285 g/mol. The molecule has 1 aromatic heterocycles. The molecule has 0 atom stereocenters. The van der Waals surface area contributed by atoms with Crippen LogP contribution in [0.2, 0.25) is 0 Å². The zero-order chi connectivity index (χ0) is 14.5. The van der Waals surface area contributed by atoms with Crippen molar-refractivity contribution in [3.05, 3.63) is 51.2 Å². The lowest BCUT2D eigenvalue weighted by Crippen LogP contribution is -2.12. The Labute approximate surface area is 122 Å². The molecule has 20 heavy (non-hydrogen) atoms. The largest absolute Gasteiger partial charge is 0.384 e. The Morgan fingerprint density at radius 1 is 1.30 bits per heavy atom. The first-order valence-corrected chi connectivity index (χ1v) is 7.05. The van der Waals surface area contributed by atoms with Gasteiger partial charge in [-0.2, -0.15) is 0 Å². The van der Waals surface area contributed by atoms with Crippen molar-refractivity contribution in [1.29, 1.82) is 0 Å². The average Bonchev–Trinajstić information content (AvgIpc) is 2.85. The summed E-state index contributed by atoms with van der Waals surface area (Å²) in [7, 11) is 0.